The summed E-state index contributed by atoms with van der Waals surface area (Å²) >= 11 is 0. The topological polar surface area (TPSA) is 94.2 Å². The van der Waals surface area contributed by atoms with Crippen LogP contribution in [0.2, 0.25) is 0 Å². The van der Waals surface area contributed by atoms with Gasteiger partial charge in [-0.3, -0.25) is 14.9 Å². The van der Waals surface area contributed by atoms with E-state index in [0.717, 1.165) is 21.6 Å². The molecule has 9 heteroatoms. The predicted octanol–water partition coefficient (Wildman–Crippen LogP) is 6.36. The molecule has 4 amide bonds. The number of carbonyl (C=O) groups is 3. The first kappa shape index (κ1) is 29.1. The average Bonchev–Trinajstić information content (AvgIpc) is 3.00. The van der Waals surface area contributed by atoms with Gasteiger partial charge in [0.25, 0.3) is 11.8 Å². The second-order valence-electron chi connectivity index (χ2n) is 9.78. The summed E-state index contributed by atoms with van der Waals surface area (Å²) in [5.41, 5.74) is 3.49. The number of amides is 4. The highest BCUT2D eigenvalue weighted by Crippen LogP contribution is 2.31. The summed E-state index contributed by atoms with van der Waals surface area (Å²) in [6, 6.07) is 24.5. The van der Waals surface area contributed by atoms with Gasteiger partial charge in [-0.05, 0) is 85.1 Å². The van der Waals surface area contributed by atoms with Crippen LogP contribution in [0.1, 0.15) is 29.2 Å². The summed E-state index contributed by atoms with van der Waals surface area (Å²) in [6.07, 6.45) is 1.39. The van der Waals surface area contributed by atoms with E-state index in [0.29, 0.717) is 36.0 Å². The number of benzene rings is 4. The van der Waals surface area contributed by atoms with Crippen molar-refractivity contribution < 1.29 is 33.0 Å². The van der Waals surface area contributed by atoms with E-state index in [1.54, 1.807) is 54.6 Å². The number of hydrogen-bond acceptors (Lipinski definition) is 6. The van der Waals surface area contributed by atoms with Gasteiger partial charge >= 0.3 is 6.03 Å². The van der Waals surface area contributed by atoms with Crippen molar-refractivity contribution in [2.45, 2.75) is 27.1 Å². The minimum absolute atomic E-state index is 0.189. The number of urea groups is 1. The minimum atomic E-state index is -0.847. The van der Waals surface area contributed by atoms with Crippen molar-refractivity contribution in [2.24, 2.45) is 0 Å². The van der Waals surface area contributed by atoms with E-state index in [4.69, 9.17) is 14.2 Å². The van der Waals surface area contributed by atoms with Crippen LogP contribution in [0, 0.1) is 12.7 Å². The molecule has 43 heavy (non-hydrogen) atoms. The van der Waals surface area contributed by atoms with Gasteiger partial charge in [0, 0.05) is 0 Å². The van der Waals surface area contributed by atoms with Gasteiger partial charge in [0.15, 0.2) is 11.5 Å². The zero-order chi connectivity index (χ0) is 30.3. The van der Waals surface area contributed by atoms with Gasteiger partial charge in [0.05, 0.1) is 12.3 Å². The van der Waals surface area contributed by atoms with Gasteiger partial charge in [0.1, 0.15) is 30.4 Å². The maximum atomic E-state index is 13.4. The van der Waals surface area contributed by atoms with Crippen molar-refractivity contribution in [3.8, 4) is 17.2 Å². The summed E-state index contributed by atoms with van der Waals surface area (Å²) in [4.78, 5) is 39.7. The van der Waals surface area contributed by atoms with Crippen molar-refractivity contribution in [1.82, 2.24) is 5.32 Å². The molecule has 1 saturated heterocycles. The molecule has 8 nitrogen and oxygen atoms in total. The van der Waals surface area contributed by atoms with Gasteiger partial charge in [-0.2, -0.15) is 0 Å². The molecule has 0 unspecified atom stereocenters. The fourth-order valence-electron chi connectivity index (χ4n) is 4.34. The maximum Gasteiger partial charge on any atom is 0.335 e. The first-order chi connectivity index (χ1) is 20.8. The molecule has 0 radical (unpaired) electrons. The van der Waals surface area contributed by atoms with E-state index >= 15 is 0 Å². The Hall–Kier alpha value is -5.44. The van der Waals surface area contributed by atoms with Crippen molar-refractivity contribution in [3.63, 3.8) is 0 Å². The summed E-state index contributed by atoms with van der Waals surface area (Å²) in [6.45, 7) is 4.73. The molecule has 0 atom stereocenters. The van der Waals surface area contributed by atoms with E-state index in [1.807, 2.05) is 38.1 Å². The molecule has 0 spiro atoms. The molecule has 0 saturated carbocycles. The monoisotopic (exact) mass is 580 g/mol. The van der Waals surface area contributed by atoms with Gasteiger partial charge < -0.3 is 14.2 Å². The van der Waals surface area contributed by atoms with Crippen LogP contribution in [-0.4, -0.2) is 24.5 Å². The number of nitrogens with one attached hydrogen (secondary N) is 1. The highest BCUT2D eigenvalue weighted by Gasteiger charge is 2.36. The molecule has 1 heterocycles. The fraction of sp³-hybridized carbons (Fsp3) is 0.147. The highest BCUT2D eigenvalue weighted by atomic mass is 19.1. The number of imide groups is 2. The van der Waals surface area contributed by atoms with Gasteiger partial charge in [-0.15, -0.1) is 0 Å². The molecule has 1 fully saturated rings. The molecule has 1 aliphatic heterocycles. The number of halogens is 1. The molecule has 5 rings (SSSR count). The zero-order valence-electron chi connectivity index (χ0n) is 23.6. The number of hydrogen-bond donors (Lipinski definition) is 1. The Morgan fingerprint density at radius 3 is 2.09 bits per heavy atom. The fourth-order valence-corrected chi connectivity index (χ4v) is 4.34. The Kier molecular flexibility index (Phi) is 8.81. The molecule has 0 aliphatic carbocycles. The SMILES string of the molecule is CCOc1cc(/C=C2\C(=O)NC(=O)N(c3ccc(OCc4ccc(C)cc4)cc3)C2=O)ccc1OCc1ccc(F)cc1. The molecule has 4 aromatic carbocycles. The van der Waals surface area contributed by atoms with Gasteiger partial charge in [-0.1, -0.05) is 48.0 Å². The zero-order valence-corrected chi connectivity index (χ0v) is 23.6. The lowest BCUT2D eigenvalue weighted by atomic mass is 10.1. The van der Waals surface area contributed by atoms with E-state index in [2.05, 4.69) is 5.32 Å². The van der Waals surface area contributed by atoms with Gasteiger partial charge in [0.2, 0.25) is 0 Å². The molecule has 1 N–H and O–H groups in total. The lowest BCUT2D eigenvalue weighted by molar-refractivity contribution is -0.122. The third-order valence-corrected chi connectivity index (χ3v) is 6.61. The predicted molar refractivity (Wildman–Crippen MR) is 159 cm³/mol. The number of carbonyl (C=O) groups excluding carboxylic acids is 3. The Balaban J connectivity index is 1.32. The van der Waals surface area contributed by atoms with Crippen LogP contribution in [0.25, 0.3) is 6.08 Å². The molecule has 218 valence electrons. The highest BCUT2D eigenvalue weighted by molar-refractivity contribution is 6.39. The van der Waals surface area contributed by atoms with E-state index in [1.165, 1.54) is 18.2 Å². The molecule has 0 bridgehead atoms. The largest absolute Gasteiger partial charge is 0.490 e. The number of barbiturate groups is 1. The summed E-state index contributed by atoms with van der Waals surface area (Å²) in [7, 11) is 0. The average molecular weight is 581 g/mol. The molecular formula is C34H29FN2O6. The number of nitrogens with zero attached hydrogens (tertiary/aromatic N) is 1. The Morgan fingerprint density at radius 1 is 0.767 bits per heavy atom. The summed E-state index contributed by atoms with van der Waals surface area (Å²) in [5, 5.41) is 2.23. The number of aryl methyl sites for hydroxylation is 1. The lowest BCUT2D eigenvalue weighted by Crippen LogP contribution is -2.54. The van der Waals surface area contributed by atoms with E-state index in [-0.39, 0.29) is 23.7 Å². The van der Waals surface area contributed by atoms with Crippen LogP contribution in [0.3, 0.4) is 0 Å². The Labute approximate surface area is 248 Å². The Bertz CT molecular complexity index is 1670. The van der Waals surface area contributed by atoms with E-state index < -0.39 is 17.8 Å². The molecule has 0 aromatic heterocycles. The third kappa shape index (κ3) is 7.08. The van der Waals surface area contributed by atoms with Crippen LogP contribution in [0.5, 0.6) is 17.2 Å². The lowest BCUT2D eigenvalue weighted by Gasteiger charge is -2.26. The van der Waals surface area contributed by atoms with Crippen LogP contribution in [0.4, 0.5) is 14.9 Å². The maximum absolute atomic E-state index is 13.4. The van der Waals surface area contributed by atoms with Crippen molar-refractivity contribution in [2.75, 3.05) is 11.5 Å². The molecule has 1 aliphatic rings. The molecule has 4 aromatic rings. The first-order valence-electron chi connectivity index (χ1n) is 13.6. The Morgan fingerprint density at radius 2 is 1.42 bits per heavy atom. The second kappa shape index (κ2) is 13.0. The van der Waals surface area contributed by atoms with E-state index in [9.17, 15) is 18.8 Å². The number of rotatable bonds is 10. The van der Waals surface area contributed by atoms with Gasteiger partial charge in [-0.25, -0.2) is 14.1 Å². The smallest absolute Gasteiger partial charge is 0.335 e. The summed E-state index contributed by atoms with van der Waals surface area (Å²) < 4.78 is 30.6. The van der Waals surface area contributed by atoms with Crippen molar-refractivity contribution in [1.29, 1.82) is 0 Å². The van der Waals surface area contributed by atoms with Crippen LogP contribution in [0.15, 0.2) is 96.6 Å². The number of anilines is 1. The quantitative estimate of drug-likeness (QED) is 0.173. The summed E-state index contributed by atoms with van der Waals surface area (Å²) in [5.74, 6) is -0.509. The molecular weight excluding hydrogens is 551 g/mol. The minimum Gasteiger partial charge on any atom is -0.490 e. The van der Waals surface area contributed by atoms with Crippen molar-refractivity contribution >= 4 is 29.6 Å². The normalized spacial score (nSPS) is 14.1. The van der Waals surface area contributed by atoms with Crippen LogP contribution in [-0.2, 0) is 22.8 Å². The number of ether oxygens (including phenoxy) is 3. The first-order valence-corrected chi connectivity index (χ1v) is 13.6. The second-order valence-corrected chi connectivity index (χ2v) is 9.78. The van der Waals surface area contributed by atoms with Crippen LogP contribution >= 0.6 is 0 Å². The van der Waals surface area contributed by atoms with Crippen molar-refractivity contribution in [3.05, 3.63) is 125 Å². The van der Waals surface area contributed by atoms with Crippen LogP contribution < -0.4 is 24.4 Å². The standard InChI is InChI=1S/C34H29FN2O6/c1-3-41-31-19-25(10-17-30(31)43-21-24-8-11-26(35)12-9-24)18-29-32(38)36-34(40)37(33(29)39)27-13-15-28(16-14-27)42-20-23-6-4-22(2)5-7-23/h4-19H,3,20-21H2,1-2H3,(H,36,38,40)/b29-18+. The third-order valence-electron chi connectivity index (χ3n) is 6.61.